The van der Waals surface area contributed by atoms with Crippen LogP contribution in [0.4, 0.5) is 0 Å². The third-order valence-corrected chi connectivity index (χ3v) is 1.92. The number of nitrogens with two attached hydrogens (primary N) is 1. The standard InChI is InChI=1S/C9H15N3O2.ClH/c1-6-7(11-5-14-6)8(13)12-9(2,3)4-10;/h5H,4,10H2,1-3H3,(H,12,13);1H. The zero-order valence-electron chi connectivity index (χ0n) is 9.03. The summed E-state index contributed by atoms with van der Waals surface area (Å²) in [7, 11) is 0. The molecule has 0 unspecified atom stereocenters. The average molecular weight is 234 g/mol. The van der Waals surface area contributed by atoms with Crippen LogP contribution >= 0.6 is 12.4 Å². The maximum Gasteiger partial charge on any atom is 0.273 e. The number of amides is 1. The third kappa shape index (κ3) is 3.53. The minimum absolute atomic E-state index is 0. The topological polar surface area (TPSA) is 81.2 Å². The highest BCUT2D eigenvalue weighted by Gasteiger charge is 2.22. The summed E-state index contributed by atoms with van der Waals surface area (Å²) < 4.78 is 4.93. The number of hydrogen-bond donors (Lipinski definition) is 2. The second kappa shape index (κ2) is 5.14. The minimum atomic E-state index is -0.428. The minimum Gasteiger partial charge on any atom is -0.448 e. The second-order valence-corrected chi connectivity index (χ2v) is 3.80. The van der Waals surface area contributed by atoms with Crippen molar-refractivity contribution in [2.45, 2.75) is 26.3 Å². The number of nitrogens with zero attached hydrogens (tertiary/aromatic N) is 1. The lowest BCUT2D eigenvalue weighted by Gasteiger charge is -2.23. The molecule has 15 heavy (non-hydrogen) atoms. The quantitative estimate of drug-likeness (QED) is 0.812. The van der Waals surface area contributed by atoms with Crippen molar-refractivity contribution in [3.8, 4) is 0 Å². The Kier molecular flexibility index (Phi) is 4.77. The van der Waals surface area contributed by atoms with Gasteiger partial charge in [0.15, 0.2) is 12.1 Å². The molecule has 1 aromatic rings. The van der Waals surface area contributed by atoms with Crippen LogP contribution in [0.15, 0.2) is 10.8 Å². The Morgan fingerprint density at radius 2 is 2.27 bits per heavy atom. The normalized spacial score (nSPS) is 10.7. The number of aryl methyl sites for hydroxylation is 1. The van der Waals surface area contributed by atoms with E-state index >= 15 is 0 Å². The van der Waals surface area contributed by atoms with Gasteiger partial charge in [-0.05, 0) is 20.8 Å². The molecule has 5 nitrogen and oxygen atoms in total. The molecule has 0 radical (unpaired) electrons. The van der Waals surface area contributed by atoms with Crippen LogP contribution in [0.2, 0.25) is 0 Å². The molecule has 0 aliphatic carbocycles. The van der Waals surface area contributed by atoms with E-state index in [9.17, 15) is 4.79 Å². The molecule has 1 rings (SSSR count). The third-order valence-electron chi connectivity index (χ3n) is 1.92. The van der Waals surface area contributed by atoms with E-state index in [0.29, 0.717) is 18.0 Å². The fraction of sp³-hybridized carbons (Fsp3) is 0.556. The lowest BCUT2D eigenvalue weighted by atomic mass is 10.1. The molecule has 6 heteroatoms. The lowest BCUT2D eigenvalue weighted by molar-refractivity contribution is 0.0909. The van der Waals surface area contributed by atoms with Gasteiger partial charge in [0, 0.05) is 12.1 Å². The predicted octanol–water partition coefficient (Wildman–Crippen LogP) is 0.872. The van der Waals surface area contributed by atoms with Crippen LogP contribution in [0.3, 0.4) is 0 Å². The zero-order chi connectivity index (χ0) is 10.8. The Labute approximate surface area is 94.8 Å². The molecule has 0 spiro atoms. The highest BCUT2D eigenvalue weighted by molar-refractivity contribution is 5.93. The molecule has 1 aromatic heterocycles. The number of oxazole rings is 1. The van der Waals surface area contributed by atoms with Crippen LogP contribution in [0.1, 0.15) is 30.1 Å². The van der Waals surface area contributed by atoms with E-state index in [4.69, 9.17) is 10.2 Å². The van der Waals surface area contributed by atoms with Crippen molar-refractivity contribution in [1.29, 1.82) is 0 Å². The van der Waals surface area contributed by atoms with E-state index in [1.165, 1.54) is 6.39 Å². The first-order valence-corrected chi connectivity index (χ1v) is 4.39. The molecular weight excluding hydrogens is 218 g/mol. The monoisotopic (exact) mass is 233 g/mol. The summed E-state index contributed by atoms with van der Waals surface area (Å²) in [6, 6.07) is 0. The van der Waals surface area contributed by atoms with Gasteiger partial charge >= 0.3 is 0 Å². The van der Waals surface area contributed by atoms with Crippen LogP contribution in [0.5, 0.6) is 0 Å². The Morgan fingerprint density at radius 1 is 1.67 bits per heavy atom. The molecule has 0 aromatic carbocycles. The zero-order valence-corrected chi connectivity index (χ0v) is 9.85. The van der Waals surface area contributed by atoms with E-state index in [1.807, 2.05) is 13.8 Å². The van der Waals surface area contributed by atoms with Crippen molar-refractivity contribution in [3.05, 3.63) is 17.8 Å². The number of nitrogens with one attached hydrogen (secondary N) is 1. The van der Waals surface area contributed by atoms with Crippen LogP contribution in [-0.4, -0.2) is 23.0 Å². The molecule has 0 aliphatic rings. The Balaban J connectivity index is 0.00000196. The van der Waals surface area contributed by atoms with Crippen LogP contribution in [0, 0.1) is 6.92 Å². The van der Waals surface area contributed by atoms with E-state index < -0.39 is 5.54 Å². The van der Waals surface area contributed by atoms with Gasteiger partial charge in [0.2, 0.25) is 0 Å². The smallest absolute Gasteiger partial charge is 0.273 e. The summed E-state index contributed by atoms with van der Waals surface area (Å²) in [4.78, 5) is 15.4. The van der Waals surface area contributed by atoms with Crippen molar-refractivity contribution in [1.82, 2.24) is 10.3 Å². The molecule has 0 fully saturated rings. The van der Waals surface area contributed by atoms with Crippen LogP contribution in [-0.2, 0) is 0 Å². The SMILES string of the molecule is Cc1ocnc1C(=O)NC(C)(C)CN.Cl. The molecule has 86 valence electrons. The van der Waals surface area contributed by atoms with E-state index in [-0.39, 0.29) is 18.3 Å². The van der Waals surface area contributed by atoms with Gasteiger partial charge in [-0.25, -0.2) is 4.98 Å². The molecule has 0 bridgehead atoms. The second-order valence-electron chi connectivity index (χ2n) is 3.80. The Hall–Kier alpha value is -1.07. The molecule has 0 atom stereocenters. The first-order chi connectivity index (χ1) is 6.46. The number of aromatic nitrogens is 1. The van der Waals surface area contributed by atoms with Crippen molar-refractivity contribution < 1.29 is 9.21 Å². The predicted molar refractivity (Wildman–Crippen MR) is 59.1 cm³/mol. The van der Waals surface area contributed by atoms with Crippen molar-refractivity contribution in [2.75, 3.05) is 6.54 Å². The van der Waals surface area contributed by atoms with E-state index in [2.05, 4.69) is 10.3 Å². The van der Waals surface area contributed by atoms with Gasteiger partial charge in [-0.1, -0.05) is 0 Å². The first-order valence-electron chi connectivity index (χ1n) is 4.39. The summed E-state index contributed by atoms with van der Waals surface area (Å²) in [5.41, 5.74) is 5.37. The van der Waals surface area contributed by atoms with Gasteiger partial charge in [-0.2, -0.15) is 0 Å². The molecule has 1 heterocycles. The van der Waals surface area contributed by atoms with E-state index in [1.54, 1.807) is 6.92 Å². The highest BCUT2D eigenvalue weighted by atomic mass is 35.5. The number of halogens is 1. The fourth-order valence-electron chi connectivity index (χ4n) is 0.941. The molecular formula is C9H16ClN3O2. The number of rotatable bonds is 3. The van der Waals surface area contributed by atoms with Gasteiger partial charge in [-0.15, -0.1) is 12.4 Å². The summed E-state index contributed by atoms with van der Waals surface area (Å²) >= 11 is 0. The number of hydrogen-bond acceptors (Lipinski definition) is 4. The van der Waals surface area contributed by atoms with E-state index in [0.717, 1.165) is 0 Å². The molecule has 0 aliphatic heterocycles. The van der Waals surface area contributed by atoms with Crippen LogP contribution in [0.25, 0.3) is 0 Å². The molecule has 3 N–H and O–H groups in total. The van der Waals surface area contributed by atoms with Gasteiger partial charge in [-0.3, -0.25) is 4.79 Å². The number of carbonyl (C=O) groups is 1. The maximum absolute atomic E-state index is 11.6. The summed E-state index contributed by atoms with van der Waals surface area (Å²) in [5, 5.41) is 2.76. The maximum atomic E-state index is 11.6. The molecule has 0 saturated heterocycles. The molecule has 1 amide bonds. The number of carbonyl (C=O) groups excluding carboxylic acids is 1. The summed E-state index contributed by atoms with van der Waals surface area (Å²) in [6.45, 7) is 5.76. The van der Waals surface area contributed by atoms with Crippen molar-refractivity contribution in [3.63, 3.8) is 0 Å². The Morgan fingerprint density at radius 3 is 2.67 bits per heavy atom. The van der Waals surface area contributed by atoms with Gasteiger partial charge < -0.3 is 15.5 Å². The first kappa shape index (κ1) is 13.9. The summed E-state index contributed by atoms with van der Waals surface area (Å²) in [6.07, 6.45) is 1.25. The average Bonchev–Trinajstić information content (AvgIpc) is 2.51. The summed E-state index contributed by atoms with van der Waals surface area (Å²) in [5.74, 6) is 0.252. The fourth-order valence-corrected chi connectivity index (χ4v) is 0.941. The lowest BCUT2D eigenvalue weighted by Crippen LogP contribution is -2.49. The van der Waals surface area contributed by atoms with Crippen molar-refractivity contribution >= 4 is 18.3 Å². The van der Waals surface area contributed by atoms with Gasteiger partial charge in [0.05, 0.1) is 0 Å². The van der Waals surface area contributed by atoms with Crippen molar-refractivity contribution in [2.24, 2.45) is 5.73 Å². The van der Waals surface area contributed by atoms with Crippen LogP contribution < -0.4 is 11.1 Å². The van der Waals surface area contributed by atoms with Gasteiger partial charge in [0.1, 0.15) is 5.76 Å². The largest absolute Gasteiger partial charge is 0.448 e. The van der Waals surface area contributed by atoms with Gasteiger partial charge in [0.25, 0.3) is 5.91 Å². The highest BCUT2D eigenvalue weighted by Crippen LogP contribution is 2.07. The molecule has 0 saturated carbocycles. The Bertz CT molecular complexity index is 336.